The predicted molar refractivity (Wildman–Crippen MR) is 87.4 cm³/mol. The van der Waals surface area contributed by atoms with Crippen molar-refractivity contribution in [2.75, 3.05) is 0 Å². The molecule has 1 heterocycles. The topological polar surface area (TPSA) is 82.1 Å². The third kappa shape index (κ3) is 3.69. The predicted octanol–water partition coefficient (Wildman–Crippen LogP) is 4.59. The molecular weight excluding hydrogens is 338 g/mol. The lowest BCUT2D eigenvalue weighted by Gasteiger charge is -1.98. The van der Waals surface area contributed by atoms with Gasteiger partial charge in [-0.05, 0) is 17.7 Å². The number of nitro benzene ring substituents is 1. The Labute approximate surface area is 140 Å². The Bertz CT molecular complexity index is 839. The van der Waals surface area contributed by atoms with Gasteiger partial charge < -0.3 is 4.42 Å². The third-order valence-corrected chi connectivity index (χ3v) is 4.21. The summed E-state index contributed by atoms with van der Waals surface area (Å²) in [7, 11) is 0. The lowest BCUT2D eigenvalue weighted by atomic mass is 10.2. The first-order chi connectivity index (χ1) is 11.1. The van der Waals surface area contributed by atoms with Gasteiger partial charge in [0.05, 0.1) is 4.92 Å². The van der Waals surface area contributed by atoms with Gasteiger partial charge in [0.1, 0.15) is 5.02 Å². The number of hydrogen-bond acceptors (Lipinski definition) is 6. The maximum atomic E-state index is 10.9. The highest BCUT2D eigenvalue weighted by Gasteiger charge is 2.17. The highest BCUT2D eigenvalue weighted by Crippen LogP contribution is 2.31. The first-order valence-electron chi connectivity index (χ1n) is 6.58. The van der Waals surface area contributed by atoms with E-state index in [1.54, 1.807) is 6.07 Å². The maximum absolute atomic E-state index is 10.9. The summed E-state index contributed by atoms with van der Waals surface area (Å²) in [5.41, 5.74) is 1.40. The van der Waals surface area contributed by atoms with Gasteiger partial charge in [0, 0.05) is 17.4 Å². The van der Waals surface area contributed by atoms with Crippen molar-refractivity contribution in [3.8, 4) is 11.5 Å². The molecule has 2 aromatic carbocycles. The molecule has 0 aliphatic carbocycles. The first kappa shape index (κ1) is 15.5. The Balaban J connectivity index is 1.77. The monoisotopic (exact) mass is 347 g/mol. The van der Waals surface area contributed by atoms with Gasteiger partial charge in [-0.25, -0.2) is 0 Å². The SMILES string of the molecule is O=[N+]([O-])c1cc(-c2nnc(SCc3ccccc3)o2)ccc1Cl. The minimum Gasteiger partial charge on any atom is -0.411 e. The van der Waals surface area contributed by atoms with Crippen LogP contribution in [0.25, 0.3) is 11.5 Å². The summed E-state index contributed by atoms with van der Waals surface area (Å²) in [4.78, 5) is 10.4. The van der Waals surface area contributed by atoms with Gasteiger partial charge in [-0.15, -0.1) is 10.2 Å². The van der Waals surface area contributed by atoms with Crippen LogP contribution in [0.3, 0.4) is 0 Å². The first-order valence-corrected chi connectivity index (χ1v) is 7.94. The zero-order chi connectivity index (χ0) is 16.2. The summed E-state index contributed by atoms with van der Waals surface area (Å²) in [5.74, 6) is 0.920. The molecule has 0 amide bonds. The fourth-order valence-electron chi connectivity index (χ4n) is 1.89. The number of rotatable bonds is 5. The molecule has 0 unspecified atom stereocenters. The number of benzene rings is 2. The summed E-state index contributed by atoms with van der Waals surface area (Å²) in [6, 6.07) is 14.3. The molecule has 0 fully saturated rings. The van der Waals surface area contributed by atoms with Crippen molar-refractivity contribution >= 4 is 29.1 Å². The van der Waals surface area contributed by atoms with Gasteiger partial charge in [0.25, 0.3) is 10.9 Å². The second-order valence-electron chi connectivity index (χ2n) is 4.57. The molecule has 0 spiro atoms. The Hall–Kier alpha value is -2.38. The molecule has 8 heteroatoms. The van der Waals surface area contributed by atoms with E-state index in [1.165, 1.54) is 23.9 Å². The van der Waals surface area contributed by atoms with Crippen LogP contribution in [0.5, 0.6) is 0 Å². The summed E-state index contributed by atoms with van der Waals surface area (Å²) >= 11 is 7.19. The Morgan fingerprint density at radius 3 is 2.70 bits per heavy atom. The van der Waals surface area contributed by atoms with E-state index in [-0.39, 0.29) is 16.6 Å². The number of aromatic nitrogens is 2. The lowest BCUT2D eigenvalue weighted by molar-refractivity contribution is -0.384. The number of nitrogens with zero attached hydrogens (tertiary/aromatic N) is 3. The van der Waals surface area contributed by atoms with E-state index in [4.69, 9.17) is 16.0 Å². The van der Waals surface area contributed by atoms with Crippen LogP contribution in [0, 0.1) is 10.1 Å². The number of nitro groups is 1. The molecule has 0 N–H and O–H groups in total. The van der Waals surface area contributed by atoms with E-state index in [0.717, 1.165) is 5.56 Å². The van der Waals surface area contributed by atoms with Crippen LogP contribution in [0.2, 0.25) is 5.02 Å². The molecule has 0 aliphatic rings. The summed E-state index contributed by atoms with van der Waals surface area (Å²) < 4.78 is 5.54. The second kappa shape index (κ2) is 6.80. The number of hydrogen-bond donors (Lipinski definition) is 0. The van der Waals surface area contributed by atoms with E-state index in [9.17, 15) is 10.1 Å². The number of thioether (sulfide) groups is 1. The highest BCUT2D eigenvalue weighted by molar-refractivity contribution is 7.98. The summed E-state index contributed by atoms with van der Waals surface area (Å²) in [6.45, 7) is 0. The summed E-state index contributed by atoms with van der Waals surface area (Å²) in [5, 5.41) is 19.3. The molecule has 3 rings (SSSR count). The lowest BCUT2D eigenvalue weighted by Crippen LogP contribution is -1.90. The normalized spacial score (nSPS) is 10.7. The van der Waals surface area contributed by atoms with Crippen molar-refractivity contribution in [2.45, 2.75) is 11.0 Å². The van der Waals surface area contributed by atoms with Crippen molar-refractivity contribution in [2.24, 2.45) is 0 Å². The Morgan fingerprint density at radius 2 is 1.96 bits per heavy atom. The molecule has 0 saturated carbocycles. The van der Waals surface area contributed by atoms with E-state index in [1.807, 2.05) is 30.3 Å². The van der Waals surface area contributed by atoms with Crippen LogP contribution in [0.4, 0.5) is 5.69 Å². The van der Waals surface area contributed by atoms with Crippen molar-refractivity contribution < 1.29 is 9.34 Å². The summed E-state index contributed by atoms with van der Waals surface area (Å²) in [6.07, 6.45) is 0. The van der Waals surface area contributed by atoms with Crippen LogP contribution >= 0.6 is 23.4 Å². The highest BCUT2D eigenvalue weighted by atomic mass is 35.5. The minimum absolute atomic E-state index is 0.0666. The fraction of sp³-hybridized carbons (Fsp3) is 0.0667. The van der Waals surface area contributed by atoms with Crippen molar-refractivity contribution in [3.63, 3.8) is 0 Å². The van der Waals surface area contributed by atoms with Gasteiger partial charge >= 0.3 is 0 Å². The average molecular weight is 348 g/mol. The van der Waals surface area contributed by atoms with Gasteiger partial charge in [-0.2, -0.15) is 0 Å². The zero-order valence-electron chi connectivity index (χ0n) is 11.7. The molecule has 116 valence electrons. The van der Waals surface area contributed by atoms with Crippen LogP contribution in [0.15, 0.2) is 58.2 Å². The van der Waals surface area contributed by atoms with E-state index in [2.05, 4.69) is 10.2 Å². The standard InChI is InChI=1S/C15H10ClN3O3S/c16-12-7-6-11(8-13(12)19(20)21)14-17-18-15(22-14)23-9-10-4-2-1-3-5-10/h1-8H,9H2. The maximum Gasteiger partial charge on any atom is 0.288 e. The molecule has 0 aliphatic heterocycles. The average Bonchev–Trinajstić information content (AvgIpc) is 3.03. The zero-order valence-corrected chi connectivity index (χ0v) is 13.3. The third-order valence-electron chi connectivity index (χ3n) is 3.00. The van der Waals surface area contributed by atoms with E-state index in [0.29, 0.717) is 16.5 Å². The van der Waals surface area contributed by atoms with Crippen molar-refractivity contribution in [3.05, 3.63) is 69.2 Å². The number of halogens is 1. The quantitative estimate of drug-likeness (QED) is 0.381. The molecule has 0 bridgehead atoms. The Kier molecular flexibility index (Phi) is 4.59. The molecule has 0 atom stereocenters. The smallest absolute Gasteiger partial charge is 0.288 e. The molecule has 23 heavy (non-hydrogen) atoms. The van der Waals surface area contributed by atoms with Crippen LogP contribution < -0.4 is 0 Å². The molecule has 0 saturated heterocycles. The van der Waals surface area contributed by atoms with E-state index < -0.39 is 4.92 Å². The molecule has 6 nitrogen and oxygen atoms in total. The van der Waals surface area contributed by atoms with Crippen molar-refractivity contribution in [1.82, 2.24) is 10.2 Å². The fourth-order valence-corrected chi connectivity index (χ4v) is 2.80. The largest absolute Gasteiger partial charge is 0.411 e. The van der Waals surface area contributed by atoms with Crippen LogP contribution in [-0.2, 0) is 5.75 Å². The van der Waals surface area contributed by atoms with Crippen LogP contribution in [0.1, 0.15) is 5.56 Å². The van der Waals surface area contributed by atoms with Crippen LogP contribution in [-0.4, -0.2) is 15.1 Å². The Morgan fingerprint density at radius 1 is 1.17 bits per heavy atom. The van der Waals surface area contributed by atoms with Gasteiger partial charge in [0.15, 0.2) is 0 Å². The molecule has 3 aromatic rings. The molecule has 1 aromatic heterocycles. The minimum atomic E-state index is -0.548. The van der Waals surface area contributed by atoms with Crippen molar-refractivity contribution in [1.29, 1.82) is 0 Å². The van der Waals surface area contributed by atoms with Gasteiger partial charge in [0.2, 0.25) is 5.89 Å². The molecule has 0 radical (unpaired) electrons. The molecular formula is C15H10ClN3O3S. The van der Waals surface area contributed by atoms with Gasteiger partial charge in [-0.3, -0.25) is 10.1 Å². The second-order valence-corrected chi connectivity index (χ2v) is 5.90. The van der Waals surface area contributed by atoms with Gasteiger partial charge in [-0.1, -0.05) is 53.7 Å². The van der Waals surface area contributed by atoms with E-state index >= 15 is 0 Å².